The number of rotatable bonds is 6. The molecule has 2 aromatic rings. The van der Waals surface area contributed by atoms with Crippen molar-refractivity contribution in [1.82, 2.24) is 9.29 Å². The van der Waals surface area contributed by atoms with Crippen LogP contribution in [-0.4, -0.2) is 25.6 Å². The van der Waals surface area contributed by atoms with E-state index in [0.29, 0.717) is 0 Å². The number of benzene rings is 1. The second-order valence-electron chi connectivity index (χ2n) is 5.11. The number of nitriles is 1. The van der Waals surface area contributed by atoms with E-state index in [1.807, 2.05) is 0 Å². The van der Waals surface area contributed by atoms with Crippen molar-refractivity contribution in [2.45, 2.75) is 25.3 Å². The highest BCUT2D eigenvalue weighted by Gasteiger charge is 2.17. The summed E-state index contributed by atoms with van der Waals surface area (Å²) in [5, 5.41) is 9.29. The van der Waals surface area contributed by atoms with E-state index < -0.39 is 21.6 Å². The molecule has 0 fully saturated rings. The molecule has 0 saturated carbocycles. The molecular formula is C17H17N3O5S2. The summed E-state index contributed by atoms with van der Waals surface area (Å²) in [6.07, 6.45) is 1.06. The quantitative estimate of drug-likeness (QED) is 0.667. The van der Waals surface area contributed by atoms with Crippen molar-refractivity contribution in [3.63, 3.8) is 0 Å². The van der Waals surface area contributed by atoms with Gasteiger partial charge in [0.15, 0.2) is 5.57 Å². The molecule has 0 amide bonds. The second kappa shape index (κ2) is 8.66. The Morgan fingerprint density at radius 2 is 2.00 bits per heavy atom. The Morgan fingerprint density at radius 1 is 1.33 bits per heavy atom. The first-order valence-electron chi connectivity index (χ1n) is 7.94. The van der Waals surface area contributed by atoms with Gasteiger partial charge in [-0.05, 0) is 26.0 Å². The average molecular weight is 407 g/mol. The zero-order chi connectivity index (χ0) is 20.0. The van der Waals surface area contributed by atoms with E-state index in [1.165, 1.54) is 16.7 Å². The predicted molar refractivity (Wildman–Crippen MR) is 100 cm³/mol. The van der Waals surface area contributed by atoms with Gasteiger partial charge in [0.25, 0.3) is 15.6 Å². The number of ether oxygens (including phenoxy) is 1. The van der Waals surface area contributed by atoms with Crippen LogP contribution in [0.1, 0.15) is 13.8 Å². The van der Waals surface area contributed by atoms with Crippen LogP contribution in [0.4, 0.5) is 0 Å². The first-order valence-corrected chi connectivity index (χ1v) is 10.2. The monoisotopic (exact) mass is 407 g/mol. The van der Waals surface area contributed by atoms with Gasteiger partial charge in [0.2, 0.25) is 0 Å². The summed E-state index contributed by atoms with van der Waals surface area (Å²) in [5.41, 5.74) is -0.809. The number of carbonyl (C=O) groups is 1. The van der Waals surface area contributed by atoms with Crippen molar-refractivity contribution >= 4 is 39.1 Å². The van der Waals surface area contributed by atoms with E-state index in [-0.39, 0.29) is 32.8 Å². The highest BCUT2D eigenvalue weighted by Crippen LogP contribution is 2.06. The van der Waals surface area contributed by atoms with Gasteiger partial charge in [0, 0.05) is 12.7 Å². The van der Waals surface area contributed by atoms with Gasteiger partial charge in [-0.25, -0.2) is 13.2 Å². The fraction of sp³-hybridized carbons (Fsp3) is 0.235. The minimum absolute atomic E-state index is 0.0448. The first-order chi connectivity index (χ1) is 12.9. The van der Waals surface area contributed by atoms with Gasteiger partial charge in [-0.3, -0.25) is 14.1 Å². The molecular weight excluding hydrogens is 390 g/mol. The Balaban J connectivity index is 2.59. The number of nitrogens with zero attached hydrogens (tertiary/aromatic N) is 2. The van der Waals surface area contributed by atoms with Crippen LogP contribution < -0.4 is 19.5 Å². The van der Waals surface area contributed by atoms with Crippen LogP contribution in [0.5, 0.6) is 0 Å². The first kappa shape index (κ1) is 20.4. The zero-order valence-corrected chi connectivity index (χ0v) is 16.3. The molecule has 0 aliphatic carbocycles. The zero-order valence-electron chi connectivity index (χ0n) is 14.6. The van der Waals surface area contributed by atoms with Crippen molar-refractivity contribution in [2.75, 3.05) is 6.61 Å². The number of hydrogen-bond acceptors (Lipinski definition) is 7. The molecule has 2 rings (SSSR count). The van der Waals surface area contributed by atoms with E-state index >= 15 is 0 Å². The lowest BCUT2D eigenvalue weighted by molar-refractivity contribution is -0.136. The Bertz CT molecular complexity index is 1160. The van der Waals surface area contributed by atoms with E-state index in [2.05, 4.69) is 4.72 Å². The third-order valence-corrected chi connectivity index (χ3v) is 5.88. The van der Waals surface area contributed by atoms with Crippen molar-refractivity contribution in [2.24, 2.45) is 0 Å². The normalized spacial score (nSPS) is 13.0. The largest absolute Gasteiger partial charge is 0.462 e. The van der Waals surface area contributed by atoms with Gasteiger partial charge in [0.1, 0.15) is 15.3 Å². The second-order valence-corrected chi connectivity index (χ2v) is 7.85. The molecule has 0 unspecified atom stereocenters. The summed E-state index contributed by atoms with van der Waals surface area (Å²) in [5.74, 6) is -0.833. The Morgan fingerprint density at radius 3 is 2.56 bits per heavy atom. The predicted octanol–water partition coefficient (Wildman–Crippen LogP) is -0.116. The SMILES string of the molecule is CCOC(=O)/C(C#N)=c1\s/c(=C/NS(=O)(=O)c2ccccc2)c(=O)n1CC. The van der Waals surface area contributed by atoms with Crippen LogP contribution in [0.15, 0.2) is 40.0 Å². The molecule has 0 bridgehead atoms. The van der Waals surface area contributed by atoms with E-state index in [1.54, 1.807) is 38.1 Å². The van der Waals surface area contributed by atoms with Gasteiger partial charge < -0.3 is 4.74 Å². The molecule has 1 aromatic heterocycles. The smallest absolute Gasteiger partial charge is 0.351 e. The van der Waals surface area contributed by atoms with Crippen LogP contribution in [-0.2, 0) is 26.1 Å². The Labute approximate surface area is 159 Å². The third-order valence-electron chi connectivity index (χ3n) is 3.43. The molecule has 142 valence electrons. The number of hydrogen-bond donors (Lipinski definition) is 1. The maximum absolute atomic E-state index is 12.5. The molecule has 27 heavy (non-hydrogen) atoms. The van der Waals surface area contributed by atoms with Gasteiger partial charge in [-0.15, -0.1) is 11.3 Å². The molecule has 1 heterocycles. The lowest BCUT2D eigenvalue weighted by Gasteiger charge is -2.02. The third kappa shape index (κ3) is 4.45. The number of aromatic nitrogens is 1. The number of esters is 1. The molecule has 0 aliphatic rings. The van der Waals surface area contributed by atoms with E-state index in [4.69, 9.17) is 4.74 Å². The highest BCUT2D eigenvalue weighted by atomic mass is 32.2. The van der Waals surface area contributed by atoms with Crippen molar-refractivity contribution in [3.05, 3.63) is 49.9 Å². The molecule has 0 atom stereocenters. The van der Waals surface area contributed by atoms with Gasteiger partial charge in [-0.2, -0.15) is 5.26 Å². The number of nitrogens with one attached hydrogen (secondary N) is 1. The standard InChI is InChI=1S/C17H17N3O5S2/c1-3-20-15(21)14(26-16(20)13(10-18)17(22)25-4-2)11-19-27(23,24)12-8-6-5-7-9-12/h5-9,11,19H,3-4H2,1-2H3/b14-11+,16-13-. The molecule has 0 spiro atoms. The fourth-order valence-corrected chi connectivity index (χ4v) is 4.25. The van der Waals surface area contributed by atoms with E-state index in [9.17, 15) is 23.3 Å². The molecule has 0 radical (unpaired) electrons. The van der Waals surface area contributed by atoms with E-state index in [0.717, 1.165) is 17.5 Å². The van der Waals surface area contributed by atoms with Crippen LogP contribution in [0.3, 0.4) is 0 Å². The maximum atomic E-state index is 12.5. The maximum Gasteiger partial charge on any atom is 0.351 e. The highest BCUT2D eigenvalue weighted by molar-refractivity contribution is 7.89. The lowest BCUT2D eigenvalue weighted by atomic mass is 10.3. The van der Waals surface area contributed by atoms with Crippen molar-refractivity contribution < 1.29 is 17.9 Å². The number of thiazole rings is 1. The van der Waals surface area contributed by atoms with Crippen molar-refractivity contribution in [3.8, 4) is 6.07 Å². The molecule has 10 heteroatoms. The van der Waals surface area contributed by atoms with Crippen LogP contribution in [0.25, 0.3) is 11.8 Å². The number of sulfonamides is 1. The van der Waals surface area contributed by atoms with Crippen molar-refractivity contribution in [1.29, 1.82) is 5.26 Å². The topological polar surface area (TPSA) is 118 Å². The summed E-state index contributed by atoms with van der Waals surface area (Å²) in [6.45, 7) is 3.57. The summed E-state index contributed by atoms with van der Waals surface area (Å²) in [4.78, 5) is 24.5. The fourth-order valence-electron chi connectivity index (χ4n) is 2.18. The van der Waals surface area contributed by atoms with Gasteiger partial charge in [-0.1, -0.05) is 18.2 Å². The van der Waals surface area contributed by atoms with Crippen LogP contribution >= 0.6 is 11.3 Å². The molecule has 1 aromatic carbocycles. The Kier molecular flexibility index (Phi) is 6.55. The molecule has 8 nitrogen and oxygen atoms in total. The van der Waals surface area contributed by atoms with Gasteiger partial charge in [0.05, 0.1) is 11.5 Å². The van der Waals surface area contributed by atoms with Crippen LogP contribution in [0, 0.1) is 11.3 Å². The molecule has 0 saturated heterocycles. The number of carbonyl (C=O) groups excluding carboxylic acids is 1. The van der Waals surface area contributed by atoms with Crippen LogP contribution in [0.2, 0.25) is 0 Å². The molecule has 0 aliphatic heterocycles. The molecule has 1 N–H and O–H groups in total. The summed E-state index contributed by atoms with van der Waals surface area (Å²) >= 11 is 0.841. The Hall–Kier alpha value is -2.90. The average Bonchev–Trinajstić information content (AvgIpc) is 2.97. The van der Waals surface area contributed by atoms with Gasteiger partial charge >= 0.3 is 5.97 Å². The summed E-state index contributed by atoms with van der Waals surface area (Å²) < 4.78 is 33.0. The minimum atomic E-state index is -3.85. The summed E-state index contributed by atoms with van der Waals surface area (Å²) in [6, 6.07) is 9.44. The lowest BCUT2D eigenvalue weighted by Crippen LogP contribution is -2.33. The minimum Gasteiger partial charge on any atom is -0.462 e. The summed E-state index contributed by atoms with van der Waals surface area (Å²) in [7, 11) is -3.85.